The summed E-state index contributed by atoms with van der Waals surface area (Å²) in [4.78, 5) is 30.1. The minimum Gasteiger partial charge on any atom is -0.493 e. The zero-order valence-corrected chi connectivity index (χ0v) is 20.0. The number of hydrogen-bond acceptors (Lipinski definition) is 7. The molecule has 0 spiro atoms. The molecule has 1 saturated carbocycles. The first-order chi connectivity index (χ1) is 17.9. The average Bonchev–Trinajstić information content (AvgIpc) is 3.51. The summed E-state index contributed by atoms with van der Waals surface area (Å²) < 4.78 is 15.7. The van der Waals surface area contributed by atoms with Gasteiger partial charge in [0.1, 0.15) is 11.5 Å². The lowest BCUT2D eigenvalue weighted by Gasteiger charge is -2.12. The van der Waals surface area contributed by atoms with Crippen molar-refractivity contribution in [1.29, 1.82) is 0 Å². The molecule has 12 heteroatoms. The fourth-order valence-electron chi connectivity index (χ4n) is 3.98. The van der Waals surface area contributed by atoms with Crippen molar-refractivity contribution < 1.29 is 9.50 Å². The van der Waals surface area contributed by atoms with Crippen LogP contribution in [0, 0.1) is 5.82 Å². The molecule has 6 rings (SSSR count). The summed E-state index contributed by atoms with van der Waals surface area (Å²) in [5.41, 5.74) is 2.83. The summed E-state index contributed by atoms with van der Waals surface area (Å²) in [7, 11) is 0. The van der Waals surface area contributed by atoms with Gasteiger partial charge in [0.25, 0.3) is 5.62 Å². The molecule has 0 bridgehead atoms. The molecular formula is C25H20ClFN8O2. The molecule has 0 atom stereocenters. The maximum Gasteiger partial charge on any atom is 0.326 e. The molecule has 0 amide bonds. The van der Waals surface area contributed by atoms with E-state index >= 15 is 0 Å². The Kier molecular flexibility index (Phi) is 5.68. The number of rotatable bonds is 6. The third-order valence-electron chi connectivity index (χ3n) is 5.90. The molecule has 2 aromatic carbocycles. The van der Waals surface area contributed by atoms with E-state index in [0.29, 0.717) is 27.1 Å². The van der Waals surface area contributed by atoms with Gasteiger partial charge in [0.15, 0.2) is 5.65 Å². The highest BCUT2D eigenvalue weighted by atomic mass is 35.5. The normalized spacial score (nSPS) is 14.5. The molecule has 37 heavy (non-hydrogen) atoms. The molecule has 4 N–H and O–H groups in total. The van der Waals surface area contributed by atoms with Gasteiger partial charge in [-0.2, -0.15) is 19.6 Å². The number of aromatic amines is 2. The molecule has 3 aromatic heterocycles. The first-order valence-electron chi connectivity index (χ1n) is 11.5. The molecule has 3 heterocycles. The number of aromatic nitrogens is 6. The lowest BCUT2D eigenvalue weighted by molar-refractivity contribution is 0.454. The number of hydrogen-bond donors (Lipinski definition) is 4. The molecule has 0 saturated heterocycles. The van der Waals surface area contributed by atoms with Crippen molar-refractivity contribution in [3.05, 3.63) is 92.1 Å². The van der Waals surface area contributed by atoms with Crippen molar-refractivity contribution in [2.75, 3.05) is 5.32 Å². The Morgan fingerprint density at radius 2 is 2.08 bits per heavy atom. The van der Waals surface area contributed by atoms with Crippen LogP contribution in [-0.2, 0) is 6.54 Å². The Morgan fingerprint density at radius 1 is 1.22 bits per heavy atom. The van der Waals surface area contributed by atoms with Crippen molar-refractivity contribution in [2.24, 2.45) is 4.99 Å². The van der Waals surface area contributed by atoms with Crippen molar-refractivity contribution in [3.63, 3.8) is 0 Å². The number of halogens is 2. The Labute approximate surface area is 213 Å². The van der Waals surface area contributed by atoms with Crippen molar-refractivity contribution in [3.8, 4) is 17.0 Å². The van der Waals surface area contributed by atoms with E-state index in [9.17, 15) is 14.3 Å². The summed E-state index contributed by atoms with van der Waals surface area (Å²) in [5, 5.41) is 18.6. The van der Waals surface area contributed by atoms with Gasteiger partial charge in [-0.05, 0) is 59.9 Å². The van der Waals surface area contributed by atoms with Crippen LogP contribution in [0.15, 0.2) is 58.4 Å². The van der Waals surface area contributed by atoms with E-state index in [-0.39, 0.29) is 35.9 Å². The summed E-state index contributed by atoms with van der Waals surface area (Å²) in [6.45, 7) is 0.234. The number of anilines is 1. The van der Waals surface area contributed by atoms with Crippen molar-refractivity contribution >= 4 is 29.3 Å². The Balaban J connectivity index is 1.41. The van der Waals surface area contributed by atoms with Crippen molar-refractivity contribution in [1.82, 2.24) is 29.5 Å². The molecule has 1 fully saturated rings. The zero-order chi connectivity index (χ0) is 25.5. The third-order valence-corrected chi connectivity index (χ3v) is 6.13. The number of benzene rings is 2. The molecule has 186 valence electrons. The second kappa shape index (κ2) is 9.17. The number of H-pyrrole nitrogens is 2. The molecule has 10 nitrogen and oxygen atoms in total. The van der Waals surface area contributed by atoms with E-state index in [1.54, 1.807) is 24.4 Å². The van der Waals surface area contributed by atoms with Crippen LogP contribution in [0.3, 0.4) is 0 Å². The van der Waals surface area contributed by atoms with Crippen LogP contribution in [0.4, 0.5) is 10.3 Å². The molecule has 0 aliphatic heterocycles. The maximum absolute atomic E-state index is 14.2. The highest BCUT2D eigenvalue weighted by Gasteiger charge is 2.21. The third kappa shape index (κ3) is 4.81. The van der Waals surface area contributed by atoms with Gasteiger partial charge in [-0.25, -0.2) is 14.2 Å². The van der Waals surface area contributed by atoms with Crippen LogP contribution in [0.25, 0.3) is 22.9 Å². The average molecular weight is 519 g/mol. The van der Waals surface area contributed by atoms with Crippen LogP contribution in [-0.4, -0.2) is 40.7 Å². The van der Waals surface area contributed by atoms with Crippen LogP contribution < -0.4 is 21.8 Å². The smallest absolute Gasteiger partial charge is 0.326 e. The van der Waals surface area contributed by atoms with Gasteiger partial charge in [0, 0.05) is 16.8 Å². The number of fused-ring (bicyclic) bond motifs is 1. The summed E-state index contributed by atoms with van der Waals surface area (Å²) in [6, 6.07) is 12.1. The van der Waals surface area contributed by atoms with Crippen molar-refractivity contribution in [2.45, 2.75) is 25.4 Å². The molecule has 0 radical (unpaired) electrons. The number of nitrogens with one attached hydrogen (secondary N) is 3. The van der Waals surface area contributed by atoms with E-state index < -0.39 is 5.69 Å². The number of imidazole rings is 1. The van der Waals surface area contributed by atoms with E-state index in [1.165, 1.54) is 16.6 Å². The quantitative estimate of drug-likeness (QED) is 0.273. The lowest BCUT2D eigenvalue weighted by Crippen LogP contribution is -2.24. The lowest BCUT2D eigenvalue weighted by atomic mass is 9.99. The first kappa shape index (κ1) is 22.9. The zero-order valence-electron chi connectivity index (χ0n) is 19.2. The summed E-state index contributed by atoms with van der Waals surface area (Å²) in [6.07, 6.45) is 5.05. The van der Waals surface area contributed by atoms with Crippen LogP contribution in [0.1, 0.15) is 24.1 Å². The number of nitrogens with zero attached hydrogens (tertiary/aromatic N) is 5. The van der Waals surface area contributed by atoms with Gasteiger partial charge in [-0.3, -0.25) is 4.98 Å². The number of aromatic hydroxyl groups is 1. The second-order valence-corrected chi connectivity index (χ2v) is 9.13. The van der Waals surface area contributed by atoms with Gasteiger partial charge in [-0.15, -0.1) is 0 Å². The first-order valence-corrected chi connectivity index (χ1v) is 11.9. The standard InChI is InChI=1S/C25H20ClFN8O2/c26-16-3-1-2-13(8-16)19-7-4-17(27)9-14(19)11-28-23-32-21-15(10-20-22(36)33-25(37)31-20)12-29-35(21)24(34-23)30-18-5-6-18/h1-4,7-10,12,18,36H,5-6,11H2,(H,28,30,34)(H2,31,33,37). The van der Waals surface area contributed by atoms with Gasteiger partial charge in [0.05, 0.1) is 12.2 Å². The predicted octanol–water partition coefficient (Wildman–Crippen LogP) is 2.53. The van der Waals surface area contributed by atoms with Gasteiger partial charge < -0.3 is 15.4 Å². The van der Waals surface area contributed by atoms with E-state index in [0.717, 1.165) is 24.0 Å². The molecule has 1 aliphatic carbocycles. The molecule has 1 aliphatic rings. The van der Waals surface area contributed by atoms with E-state index in [1.807, 2.05) is 18.2 Å². The van der Waals surface area contributed by atoms with Crippen LogP contribution in [0.5, 0.6) is 5.88 Å². The van der Waals surface area contributed by atoms with Gasteiger partial charge in [0.2, 0.25) is 11.8 Å². The van der Waals surface area contributed by atoms with Gasteiger partial charge in [-0.1, -0.05) is 29.8 Å². The second-order valence-electron chi connectivity index (χ2n) is 8.69. The SMILES string of the molecule is O=c1[nH]c(O)c(C=c2cnn3c(=NC4CC4)nc(NCc4cc(F)ccc4-c4cccc(Cl)c4)nc23)[nH]1. The maximum atomic E-state index is 14.2. The predicted molar refractivity (Wildman–Crippen MR) is 135 cm³/mol. The van der Waals surface area contributed by atoms with Gasteiger partial charge >= 0.3 is 5.69 Å². The molecular weight excluding hydrogens is 499 g/mol. The Hall–Kier alpha value is -4.51. The van der Waals surface area contributed by atoms with Crippen LogP contribution >= 0.6 is 11.6 Å². The van der Waals surface area contributed by atoms with E-state index in [4.69, 9.17) is 11.6 Å². The summed E-state index contributed by atoms with van der Waals surface area (Å²) in [5.74, 6) is -0.384. The minimum atomic E-state index is -0.535. The highest BCUT2D eigenvalue weighted by Crippen LogP contribution is 2.27. The largest absolute Gasteiger partial charge is 0.493 e. The van der Waals surface area contributed by atoms with E-state index in [2.05, 4.69) is 35.3 Å². The molecule has 5 aromatic rings. The molecule has 0 unspecified atom stereocenters. The topological polar surface area (TPSA) is 136 Å². The monoisotopic (exact) mass is 518 g/mol. The fourth-order valence-corrected chi connectivity index (χ4v) is 4.17. The Bertz CT molecular complexity index is 1820. The highest BCUT2D eigenvalue weighted by molar-refractivity contribution is 6.30. The minimum absolute atomic E-state index is 0.172. The summed E-state index contributed by atoms with van der Waals surface area (Å²) >= 11 is 6.18. The Morgan fingerprint density at radius 3 is 2.84 bits per heavy atom. The fraction of sp³-hybridized carbons (Fsp3) is 0.160. The van der Waals surface area contributed by atoms with Crippen LogP contribution in [0.2, 0.25) is 5.02 Å².